The van der Waals surface area contributed by atoms with Gasteiger partial charge in [-0.1, -0.05) is 57.5 Å². The van der Waals surface area contributed by atoms with E-state index in [1.807, 2.05) is 12.1 Å². The van der Waals surface area contributed by atoms with E-state index in [0.717, 1.165) is 34.1 Å². The summed E-state index contributed by atoms with van der Waals surface area (Å²) in [6.45, 7) is 3.02. The summed E-state index contributed by atoms with van der Waals surface area (Å²) >= 11 is 5.48. The van der Waals surface area contributed by atoms with Gasteiger partial charge in [-0.25, -0.2) is 0 Å². The first-order valence-corrected chi connectivity index (χ1v) is 9.76. The highest BCUT2D eigenvalue weighted by Gasteiger charge is 2.19. The lowest BCUT2D eigenvalue weighted by atomic mass is 9.98. The Kier molecular flexibility index (Phi) is 5.85. The highest BCUT2D eigenvalue weighted by Crippen LogP contribution is 2.31. The van der Waals surface area contributed by atoms with E-state index in [2.05, 4.69) is 63.5 Å². The van der Waals surface area contributed by atoms with Crippen molar-refractivity contribution >= 4 is 32.9 Å². The fraction of sp³-hybridized carbons (Fsp3) is 0.316. The minimum absolute atomic E-state index is 0.139. The summed E-state index contributed by atoms with van der Waals surface area (Å²) < 4.78 is 6.50. The van der Waals surface area contributed by atoms with Gasteiger partial charge in [0, 0.05) is 10.2 Å². The Morgan fingerprint density at radius 2 is 2.17 bits per heavy atom. The molecule has 1 N–H and O–H groups in total. The third-order valence-electron chi connectivity index (χ3n) is 3.98. The largest absolute Gasteiger partial charge is 0.497 e. The van der Waals surface area contributed by atoms with Gasteiger partial charge in [-0.05, 0) is 42.7 Å². The van der Waals surface area contributed by atoms with Gasteiger partial charge in [0.1, 0.15) is 5.75 Å². The molecule has 0 spiro atoms. The number of halogens is 1. The van der Waals surface area contributed by atoms with E-state index < -0.39 is 0 Å². The Labute approximate surface area is 156 Å². The molecule has 2 aromatic rings. The van der Waals surface area contributed by atoms with Crippen molar-refractivity contribution in [2.75, 3.05) is 19.4 Å². The van der Waals surface area contributed by atoms with Crippen LogP contribution in [0.15, 0.2) is 51.9 Å². The lowest BCUT2D eigenvalue weighted by molar-refractivity contribution is 0.413. The van der Waals surface area contributed by atoms with Crippen LogP contribution in [0.3, 0.4) is 0 Å². The second kappa shape index (κ2) is 8.08. The lowest BCUT2D eigenvalue weighted by Crippen LogP contribution is -2.27. The first kappa shape index (κ1) is 17.4. The summed E-state index contributed by atoms with van der Waals surface area (Å²) in [6.07, 6.45) is 0.896. The third-order valence-corrected chi connectivity index (χ3v) is 5.61. The van der Waals surface area contributed by atoms with Crippen molar-refractivity contribution in [2.45, 2.75) is 19.4 Å². The van der Waals surface area contributed by atoms with Gasteiger partial charge in [0.25, 0.3) is 0 Å². The zero-order chi connectivity index (χ0) is 16.9. The van der Waals surface area contributed by atoms with Crippen LogP contribution in [-0.4, -0.2) is 24.6 Å². The van der Waals surface area contributed by atoms with Crippen molar-refractivity contribution in [1.29, 1.82) is 0 Å². The molecule has 0 fully saturated rings. The summed E-state index contributed by atoms with van der Waals surface area (Å²) in [5.41, 5.74) is 3.78. The molecule has 3 nitrogen and oxygen atoms in total. The molecule has 0 amide bonds. The summed E-state index contributed by atoms with van der Waals surface area (Å²) in [7, 11) is 1.70. The number of aliphatic imine (C=N–C) groups is 1. The van der Waals surface area contributed by atoms with Crippen LogP contribution in [0.1, 0.15) is 22.7 Å². The van der Waals surface area contributed by atoms with E-state index in [1.165, 1.54) is 16.7 Å². The minimum Gasteiger partial charge on any atom is -0.497 e. The normalized spacial score (nSPS) is 15.0. The highest BCUT2D eigenvalue weighted by molar-refractivity contribution is 9.10. The SMILES string of the molecule is COc1ccc(Br)c(C(Cc2cccc(C)c2)NC2=NCCS2)c1. The van der Waals surface area contributed by atoms with Gasteiger partial charge in [0.2, 0.25) is 0 Å². The van der Waals surface area contributed by atoms with Crippen LogP contribution in [-0.2, 0) is 6.42 Å². The second-order valence-electron chi connectivity index (χ2n) is 5.81. The Morgan fingerprint density at radius 3 is 2.88 bits per heavy atom. The van der Waals surface area contributed by atoms with Gasteiger partial charge < -0.3 is 10.1 Å². The van der Waals surface area contributed by atoms with Gasteiger partial charge >= 0.3 is 0 Å². The smallest absolute Gasteiger partial charge is 0.157 e. The maximum atomic E-state index is 5.42. The van der Waals surface area contributed by atoms with Gasteiger partial charge in [0.05, 0.1) is 19.7 Å². The molecule has 1 heterocycles. The van der Waals surface area contributed by atoms with Crippen LogP contribution in [0, 0.1) is 6.92 Å². The zero-order valence-electron chi connectivity index (χ0n) is 13.9. The number of nitrogens with zero attached hydrogens (tertiary/aromatic N) is 1. The number of hydrogen-bond acceptors (Lipinski definition) is 4. The zero-order valence-corrected chi connectivity index (χ0v) is 16.3. The molecule has 1 aliphatic heterocycles. The molecule has 126 valence electrons. The van der Waals surface area contributed by atoms with Crippen molar-refractivity contribution in [3.05, 3.63) is 63.6 Å². The number of benzene rings is 2. The number of rotatable bonds is 5. The van der Waals surface area contributed by atoms with Crippen LogP contribution in [0.4, 0.5) is 0 Å². The monoisotopic (exact) mass is 404 g/mol. The average molecular weight is 405 g/mol. The molecule has 0 aromatic heterocycles. The molecule has 1 unspecified atom stereocenters. The Morgan fingerprint density at radius 1 is 1.29 bits per heavy atom. The second-order valence-corrected chi connectivity index (χ2v) is 7.75. The number of nitrogens with one attached hydrogen (secondary N) is 1. The molecule has 0 bridgehead atoms. The summed E-state index contributed by atoms with van der Waals surface area (Å²) in [4.78, 5) is 4.55. The molecule has 3 rings (SSSR count). The topological polar surface area (TPSA) is 33.6 Å². The summed E-state index contributed by atoms with van der Waals surface area (Å²) in [6, 6.07) is 14.9. The Hall–Kier alpha value is -1.46. The third kappa shape index (κ3) is 4.33. The van der Waals surface area contributed by atoms with Gasteiger partial charge in [-0.2, -0.15) is 0 Å². The molecule has 2 aromatic carbocycles. The maximum absolute atomic E-state index is 5.42. The van der Waals surface area contributed by atoms with E-state index in [0.29, 0.717) is 0 Å². The van der Waals surface area contributed by atoms with E-state index in [1.54, 1.807) is 18.9 Å². The number of ether oxygens (including phenoxy) is 1. The number of thioether (sulfide) groups is 1. The van der Waals surface area contributed by atoms with E-state index >= 15 is 0 Å². The van der Waals surface area contributed by atoms with Crippen LogP contribution in [0.5, 0.6) is 5.75 Å². The molecule has 0 radical (unpaired) electrons. The summed E-state index contributed by atoms with van der Waals surface area (Å²) in [5, 5.41) is 4.65. The quantitative estimate of drug-likeness (QED) is 0.780. The molecule has 1 atom stereocenters. The molecular weight excluding hydrogens is 384 g/mol. The number of methoxy groups -OCH3 is 1. The molecular formula is C19H21BrN2OS. The number of hydrogen-bond donors (Lipinski definition) is 1. The first-order chi connectivity index (χ1) is 11.7. The predicted octanol–water partition coefficient (Wildman–Crippen LogP) is 4.74. The van der Waals surface area contributed by atoms with E-state index in [4.69, 9.17) is 4.74 Å². The Balaban J connectivity index is 1.92. The van der Waals surface area contributed by atoms with Crippen LogP contribution >= 0.6 is 27.7 Å². The number of aryl methyl sites for hydroxylation is 1. The molecule has 24 heavy (non-hydrogen) atoms. The molecule has 0 saturated carbocycles. The van der Waals surface area contributed by atoms with Crippen LogP contribution in [0.2, 0.25) is 0 Å². The molecule has 0 saturated heterocycles. The van der Waals surface area contributed by atoms with E-state index in [9.17, 15) is 0 Å². The average Bonchev–Trinajstić information content (AvgIpc) is 3.08. The van der Waals surface area contributed by atoms with Crippen molar-refractivity contribution in [3.63, 3.8) is 0 Å². The van der Waals surface area contributed by atoms with Gasteiger partial charge in [0.15, 0.2) is 5.17 Å². The number of amidine groups is 1. The lowest BCUT2D eigenvalue weighted by Gasteiger charge is -2.22. The van der Waals surface area contributed by atoms with Crippen LogP contribution < -0.4 is 10.1 Å². The Bertz CT molecular complexity index is 748. The van der Waals surface area contributed by atoms with Gasteiger partial charge in [-0.3, -0.25) is 4.99 Å². The van der Waals surface area contributed by atoms with E-state index in [-0.39, 0.29) is 6.04 Å². The van der Waals surface area contributed by atoms with Crippen LogP contribution in [0.25, 0.3) is 0 Å². The predicted molar refractivity (Wildman–Crippen MR) is 106 cm³/mol. The fourth-order valence-electron chi connectivity index (χ4n) is 2.80. The first-order valence-electron chi connectivity index (χ1n) is 7.98. The molecule has 5 heteroatoms. The van der Waals surface area contributed by atoms with Crippen molar-refractivity contribution in [2.24, 2.45) is 4.99 Å². The van der Waals surface area contributed by atoms with Crippen molar-refractivity contribution in [1.82, 2.24) is 5.32 Å². The maximum Gasteiger partial charge on any atom is 0.157 e. The highest BCUT2D eigenvalue weighted by atomic mass is 79.9. The van der Waals surface area contributed by atoms with Crippen molar-refractivity contribution in [3.8, 4) is 5.75 Å². The minimum atomic E-state index is 0.139. The molecule has 0 aliphatic carbocycles. The van der Waals surface area contributed by atoms with Crippen molar-refractivity contribution < 1.29 is 4.74 Å². The molecule has 1 aliphatic rings. The summed E-state index contributed by atoms with van der Waals surface area (Å²) in [5.74, 6) is 1.92. The van der Waals surface area contributed by atoms with Gasteiger partial charge in [-0.15, -0.1) is 0 Å². The standard InChI is InChI=1S/C19H21BrN2OS/c1-13-4-3-5-14(10-13)11-18(22-19-21-8-9-24-19)16-12-15(23-2)6-7-17(16)20/h3-7,10,12,18H,8-9,11H2,1-2H3,(H,21,22). The fourth-order valence-corrected chi connectivity index (χ4v) is 4.11.